The van der Waals surface area contributed by atoms with E-state index in [9.17, 15) is 4.79 Å². The zero-order chi connectivity index (χ0) is 12.1. The molecule has 0 saturated heterocycles. The first-order valence-corrected chi connectivity index (χ1v) is 5.44. The Morgan fingerprint density at radius 1 is 1.38 bits per heavy atom. The summed E-state index contributed by atoms with van der Waals surface area (Å²) in [4.78, 5) is 13.3. The van der Waals surface area contributed by atoms with Crippen molar-refractivity contribution in [3.63, 3.8) is 0 Å². The second kappa shape index (κ2) is 5.54. The van der Waals surface area contributed by atoms with Gasteiger partial charge in [0.05, 0.1) is 13.5 Å². The van der Waals surface area contributed by atoms with Gasteiger partial charge in [-0.1, -0.05) is 19.1 Å². The van der Waals surface area contributed by atoms with Gasteiger partial charge in [-0.15, -0.1) is 0 Å². The fraction of sp³-hybridized carbons (Fsp3) is 0.462. The summed E-state index contributed by atoms with van der Waals surface area (Å²) in [6.45, 7) is 2.12. The average molecular weight is 221 g/mol. The number of benzene rings is 1. The van der Waals surface area contributed by atoms with E-state index in [0.29, 0.717) is 6.42 Å². The Morgan fingerprint density at radius 3 is 2.56 bits per heavy atom. The molecule has 3 nitrogen and oxygen atoms in total. The van der Waals surface area contributed by atoms with Crippen LogP contribution in [0.2, 0.25) is 0 Å². The Kier molecular flexibility index (Phi) is 4.35. The van der Waals surface area contributed by atoms with E-state index in [1.165, 1.54) is 18.4 Å². The molecule has 1 aromatic rings. The Bertz CT molecular complexity index is 372. The number of methoxy groups -OCH3 is 1. The van der Waals surface area contributed by atoms with Gasteiger partial charge in [-0.2, -0.15) is 0 Å². The minimum absolute atomic E-state index is 0.195. The summed E-state index contributed by atoms with van der Waals surface area (Å²) in [6, 6.07) is 6.11. The van der Waals surface area contributed by atoms with E-state index < -0.39 is 0 Å². The van der Waals surface area contributed by atoms with Gasteiger partial charge in [-0.3, -0.25) is 4.79 Å². The lowest BCUT2D eigenvalue weighted by Crippen LogP contribution is -2.12. The van der Waals surface area contributed by atoms with E-state index in [4.69, 9.17) is 0 Å². The first-order chi connectivity index (χ1) is 7.58. The molecule has 0 aliphatic rings. The lowest BCUT2D eigenvalue weighted by molar-refractivity contribution is -0.139. The van der Waals surface area contributed by atoms with Gasteiger partial charge < -0.3 is 9.64 Å². The van der Waals surface area contributed by atoms with Gasteiger partial charge in [-0.25, -0.2) is 0 Å². The Labute approximate surface area is 97.0 Å². The molecular weight excluding hydrogens is 202 g/mol. The van der Waals surface area contributed by atoms with E-state index in [0.717, 1.165) is 12.0 Å². The molecule has 0 aliphatic heterocycles. The van der Waals surface area contributed by atoms with Gasteiger partial charge in [-0.05, 0) is 23.6 Å². The third kappa shape index (κ3) is 2.99. The van der Waals surface area contributed by atoms with Gasteiger partial charge in [0.2, 0.25) is 0 Å². The molecule has 0 saturated carbocycles. The minimum Gasteiger partial charge on any atom is -0.469 e. The second-order valence-corrected chi connectivity index (χ2v) is 3.96. The van der Waals surface area contributed by atoms with Crippen LogP contribution >= 0.6 is 0 Å². The van der Waals surface area contributed by atoms with Crippen molar-refractivity contribution < 1.29 is 9.53 Å². The summed E-state index contributed by atoms with van der Waals surface area (Å²) < 4.78 is 4.66. The van der Waals surface area contributed by atoms with E-state index in [1.54, 1.807) is 0 Å². The number of nitrogens with zero attached hydrogens (tertiary/aromatic N) is 1. The molecule has 0 amide bonds. The van der Waals surface area contributed by atoms with Crippen LogP contribution in [0.5, 0.6) is 0 Å². The fourth-order valence-electron chi connectivity index (χ4n) is 1.71. The summed E-state index contributed by atoms with van der Waals surface area (Å²) >= 11 is 0. The van der Waals surface area contributed by atoms with Crippen molar-refractivity contribution in [2.24, 2.45) is 0 Å². The van der Waals surface area contributed by atoms with Gasteiger partial charge in [0.25, 0.3) is 0 Å². The number of carbonyl (C=O) groups excluding carboxylic acids is 1. The molecule has 0 atom stereocenters. The Balaban J connectivity index is 2.95. The smallest absolute Gasteiger partial charge is 0.309 e. The van der Waals surface area contributed by atoms with Gasteiger partial charge in [0.1, 0.15) is 0 Å². The van der Waals surface area contributed by atoms with E-state index in [1.807, 2.05) is 20.2 Å². The van der Waals surface area contributed by atoms with Crippen molar-refractivity contribution in [1.29, 1.82) is 0 Å². The SMILES string of the molecule is CCc1cc(CC(=O)OC)ccc1N(C)C. The minimum atomic E-state index is -0.195. The number of aryl methyl sites for hydroxylation is 1. The quantitative estimate of drug-likeness (QED) is 0.729. The van der Waals surface area contributed by atoms with E-state index in [-0.39, 0.29) is 5.97 Å². The van der Waals surface area contributed by atoms with Crippen LogP contribution in [0.15, 0.2) is 18.2 Å². The molecule has 0 aliphatic carbocycles. The Hall–Kier alpha value is -1.51. The number of anilines is 1. The van der Waals surface area contributed by atoms with Crippen molar-refractivity contribution in [2.75, 3.05) is 26.1 Å². The molecule has 0 radical (unpaired) electrons. The molecule has 0 N–H and O–H groups in total. The molecule has 0 spiro atoms. The zero-order valence-electron chi connectivity index (χ0n) is 10.4. The molecule has 0 bridgehead atoms. The van der Waals surface area contributed by atoms with Crippen molar-refractivity contribution in [2.45, 2.75) is 19.8 Å². The molecule has 0 aromatic heterocycles. The van der Waals surface area contributed by atoms with Crippen LogP contribution in [0, 0.1) is 0 Å². The summed E-state index contributed by atoms with van der Waals surface area (Å²) in [6.07, 6.45) is 1.31. The number of rotatable bonds is 4. The summed E-state index contributed by atoms with van der Waals surface area (Å²) in [5.41, 5.74) is 3.47. The van der Waals surface area contributed by atoms with Gasteiger partial charge in [0, 0.05) is 19.8 Å². The van der Waals surface area contributed by atoms with Gasteiger partial charge >= 0.3 is 5.97 Å². The maximum Gasteiger partial charge on any atom is 0.309 e. The highest BCUT2D eigenvalue weighted by Crippen LogP contribution is 2.21. The number of carbonyl (C=O) groups is 1. The molecule has 1 rings (SSSR count). The highest BCUT2D eigenvalue weighted by atomic mass is 16.5. The van der Waals surface area contributed by atoms with Gasteiger partial charge in [0.15, 0.2) is 0 Å². The monoisotopic (exact) mass is 221 g/mol. The predicted octanol–water partition coefficient (Wildman–Crippen LogP) is 2.03. The topological polar surface area (TPSA) is 29.5 Å². The number of hydrogen-bond donors (Lipinski definition) is 0. The van der Waals surface area contributed by atoms with Crippen molar-refractivity contribution in [3.05, 3.63) is 29.3 Å². The number of ether oxygens (including phenoxy) is 1. The molecule has 1 aromatic carbocycles. The highest BCUT2D eigenvalue weighted by Gasteiger charge is 2.07. The first-order valence-electron chi connectivity index (χ1n) is 5.44. The lowest BCUT2D eigenvalue weighted by Gasteiger charge is -2.17. The van der Waals surface area contributed by atoms with E-state index >= 15 is 0 Å². The average Bonchev–Trinajstić information content (AvgIpc) is 2.28. The standard InChI is InChI=1S/C13H19NO2/c1-5-11-8-10(9-13(15)16-4)6-7-12(11)14(2)3/h6-8H,5,9H2,1-4H3. The van der Waals surface area contributed by atoms with E-state index in [2.05, 4.69) is 28.7 Å². The summed E-state index contributed by atoms with van der Waals surface area (Å²) in [5.74, 6) is -0.195. The third-order valence-electron chi connectivity index (χ3n) is 2.58. The van der Waals surface area contributed by atoms with Crippen LogP contribution in [0.3, 0.4) is 0 Å². The highest BCUT2D eigenvalue weighted by molar-refractivity contribution is 5.73. The van der Waals surface area contributed by atoms with Crippen LogP contribution in [0.25, 0.3) is 0 Å². The maximum atomic E-state index is 11.2. The van der Waals surface area contributed by atoms with Crippen molar-refractivity contribution in [3.8, 4) is 0 Å². The molecule has 0 unspecified atom stereocenters. The van der Waals surface area contributed by atoms with Crippen molar-refractivity contribution >= 4 is 11.7 Å². The maximum absolute atomic E-state index is 11.2. The van der Waals surface area contributed by atoms with Crippen LogP contribution in [0.4, 0.5) is 5.69 Å². The molecule has 3 heteroatoms. The van der Waals surface area contributed by atoms with Crippen LogP contribution < -0.4 is 4.90 Å². The lowest BCUT2D eigenvalue weighted by atomic mass is 10.0. The van der Waals surface area contributed by atoms with Crippen molar-refractivity contribution in [1.82, 2.24) is 0 Å². The van der Waals surface area contributed by atoms with Crippen LogP contribution in [-0.2, 0) is 22.4 Å². The molecule has 88 valence electrons. The van der Waals surface area contributed by atoms with Crippen LogP contribution in [0.1, 0.15) is 18.1 Å². The number of hydrogen-bond acceptors (Lipinski definition) is 3. The molecule has 0 heterocycles. The predicted molar refractivity (Wildman–Crippen MR) is 65.9 cm³/mol. The number of esters is 1. The Morgan fingerprint density at radius 2 is 2.06 bits per heavy atom. The van der Waals surface area contributed by atoms with Crippen LogP contribution in [-0.4, -0.2) is 27.2 Å². The molecule has 0 fully saturated rings. The molecule has 16 heavy (non-hydrogen) atoms. The first kappa shape index (κ1) is 12.6. The largest absolute Gasteiger partial charge is 0.469 e. The fourth-order valence-corrected chi connectivity index (χ4v) is 1.71. The zero-order valence-corrected chi connectivity index (χ0v) is 10.4. The summed E-state index contributed by atoms with van der Waals surface area (Å²) in [7, 11) is 5.46. The third-order valence-corrected chi connectivity index (χ3v) is 2.58. The normalized spacial score (nSPS) is 10.0. The summed E-state index contributed by atoms with van der Waals surface area (Å²) in [5, 5.41) is 0. The second-order valence-electron chi connectivity index (χ2n) is 3.96. The molecular formula is C13H19NO2.